The Morgan fingerprint density at radius 2 is 1.97 bits per heavy atom. The van der Waals surface area contributed by atoms with E-state index in [1.54, 1.807) is 41.0 Å². The Morgan fingerprint density at radius 1 is 1.13 bits per heavy atom. The van der Waals surface area contributed by atoms with E-state index in [1.165, 1.54) is 27.6 Å². The maximum atomic E-state index is 13.1. The Kier molecular flexibility index (Phi) is 6.26. The Bertz CT molecular complexity index is 1360. The van der Waals surface area contributed by atoms with E-state index in [9.17, 15) is 14.4 Å². The monoisotopic (exact) mass is 475 g/mol. The minimum absolute atomic E-state index is 0.246. The number of aromatic nitrogens is 2. The molecule has 0 aliphatic rings. The fourth-order valence-electron chi connectivity index (χ4n) is 3.27. The number of nitrogens with zero attached hydrogens (tertiary/aromatic N) is 2. The summed E-state index contributed by atoms with van der Waals surface area (Å²) in [5.74, 6) is 0.0188. The van der Waals surface area contributed by atoms with Gasteiger partial charge in [-0.25, -0.2) is 4.79 Å². The van der Waals surface area contributed by atoms with Gasteiger partial charge in [0, 0.05) is 16.4 Å². The lowest BCUT2D eigenvalue weighted by molar-refractivity contribution is -0.116. The molecule has 3 aromatic heterocycles. The minimum atomic E-state index is -0.513. The summed E-state index contributed by atoms with van der Waals surface area (Å²) in [4.78, 5) is 39.8. The number of nitrogens with one attached hydrogen (secondary N) is 1. The molecule has 0 aliphatic heterocycles. The van der Waals surface area contributed by atoms with Crippen LogP contribution in [0.2, 0.25) is 5.02 Å². The van der Waals surface area contributed by atoms with Crippen molar-refractivity contribution < 1.29 is 9.53 Å². The highest BCUT2D eigenvalue weighted by atomic mass is 35.5. The lowest BCUT2D eigenvalue weighted by atomic mass is 10.3. The summed E-state index contributed by atoms with van der Waals surface area (Å²) in [6.07, 6.45) is 0.565. The van der Waals surface area contributed by atoms with Crippen molar-refractivity contribution in [2.45, 2.75) is 19.5 Å². The number of rotatable bonds is 7. The average Bonchev–Trinajstić information content (AvgIpc) is 3.43. The lowest BCUT2D eigenvalue weighted by Crippen LogP contribution is -2.41. The third kappa shape index (κ3) is 4.43. The second-order valence-electron chi connectivity index (χ2n) is 6.68. The molecular weight excluding hydrogens is 458 g/mol. The highest BCUT2D eigenvalue weighted by molar-refractivity contribution is 7.17. The molecule has 0 bridgehead atoms. The van der Waals surface area contributed by atoms with Crippen LogP contribution >= 0.6 is 34.3 Å². The van der Waals surface area contributed by atoms with Crippen LogP contribution in [0.5, 0.6) is 5.75 Å². The third-order valence-electron chi connectivity index (χ3n) is 4.74. The summed E-state index contributed by atoms with van der Waals surface area (Å²) in [5, 5.41) is 6.86. The number of fused-ring (bicyclic) bond motifs is 1. The molecule has 0 atom stereocenters. The van der Waals surface area contributed by atoms with Gasteiger partial charge in [-0.2, -0.15) is 0 Å². The first-order valence-electron chi connectivity index (χ1n) is 9.34. The largest absolute Gasteiger partial charge is 0.495 e. The van der Waals surface area contributed by atoms with Gasteiger partial charge < -0.3 is 10.1 Å². The fourth-order valence-corrected chi connectivity index (χ4v) is 4.98. The van der Waals surface area contributed by atoms with E-state index in [-0.39, 0.29) is 18.6 Å². The number of thiophene rings is 2. The van der Waals surface area contributed by atoms with Gasteiger partial charge in [0.1, 0.15) is 17.0 Å². The SMILES string of the molecule is COc1ccc(Cl)cc1NC(=O)Cn1c(=O)n(CCc2cccs2)c(=O)c2sccc21. The van der Waals surface area contributed by atoms with Crippen molar-refractivity contribution in [3.63, 3.8) is 0 Å². The second-order valence-corrected chi connectivity index (χ2v) is 9.07. The first-order valence-corrected chi connectivity index (χ1v) is 11.5. The minimum Gasteiger partial charge on any atom is -0.495 e. The van der Waals surface area contributed by atoms with Gasteiger partial charge in [-0.3, -0.25) is 18.7 Å². The number of carbonyl (C=O) groups is 1. The standard InChI is InChI=1S/C21H18ClN3O4S2/c1-29-17-5-4-13(22)11-15(17)23-18(26)12-25-16-7-10-31-19(16)20(27)24(21(25)28)8-6-14-3-2-9-30-14/h2-5,7,9-11H,6,8,12H2,1H3,(H,23,26). The Labute approximate surface area is 190 Å². The number of aryl methyl sites for hydroxylation is 1. The van der Waals surface area contributed by atoms with Gasteiger partial charge >= 0.3 is 5.69 Å². The van der Waals surface area contributed by atoms with Gasteiger partial charge in [-0.15, -0.1) is 22.7 Å². The normalized spacial score (nSPS) is 11.0. The molecule has 0 unspecified atom stereocenters. The molecule has 0 saturated carbocycles. The quantitative estimate of drug-likeness (QED) is 0.440. The zero-order chi connectivity index (χ0) is 22.0. The van der Waals surface area contributed by atoms with Crippen LogP contribution in [0.25, 0.3) is 10.2 Å². The van der Waals surface area contributed by atoms with Crippen molar-refractivity contribution in [1.29, 1.82) is 0 Å². The molecule has 4 aromatic rings. The van der Waals surface area contributed by atoms with Crippen molar-refractivity contribution in [2.24, 2.45) is 0 Å². The number of carbonyl (C=O) groups excluding carboxylic acids is 1. The first-order chi connectivity index (χ1) is 15.0. The van der Waals surface area contributed by atoms with E-state index in [2.05, 4.69) is 5.32 Å². The number of halogens is 1. The van der Waals surface area contributed by atoms with Crippen molar-refractivity contribution in [3.8, 4) is 5.75 Å². The summed E-state index contributed by atoms with van der Waals surface area (Å²) >= 11 is 8.85. The number of anilines is 1. The maximum Gasteiger partial charge on any atom is 0.332 e. The molecule has 160 valence electrons. The predicted molar refractivity (Wildman–Crippen MR) is 125 cm³/mol. The predicted octanol–water partition coefficient (Wildman–Crippen LogP) is 3.83. The molecule has 0 fully saturated rings. The van der Waals surface area contributed by atoms with Gasteiger partial charge in [0.2, 0.25) is 5.91 Å². The van der Waals surface area contributed by atoms with Gasteiger partial charge in [-0.1, -0.05) is 17.7 Å². The second kappa shape index (κ2) is 9.09. The van der Waals surface area contributed by atoms with Crippen LogP contribution in [0, 0.1) is 0 Å². The maximum absolute atomic E-state index is 13.1. The molecule has 1 aromatic carbocycles. The van der Waals surface area contributed by atoms with Crippen LogP contribution in [-0.4, -0.2) is 22.2 Å². The number of benzene rings is 1. The van der Waals surface area contributed by atoms with Crippen molar-refractivity contribution in [3.05, 3.63) is 77.9 Å². The Hall–Kier alpha value is -2.88. The van der Waals surface area contributed by atoms with E-state index in [0.717, 1.165) is 4.88 Å². The lowest BCUT2D eigenvalue weighted by Gasteiger charge is -2.14. The van der Waals surface area contributed by atoms with Gasteiger partial charge in [0.15, 0.2) is 0 Å². The first kappa shape index (κ1) is 21.4. The summed E-state index contributed by atoms with van der Waals surface area (Å²) in [7, 11) is 1.49. The number of ether oxygens (including phenoxy) is 1. The van der Waals surface area contributed by atoms with Gasteiger partial charge in [0.25, 0.3) is 5.56 Å². The number of hydrogen-bond acceptors (Lipinski definition) is 6. The zero-order valence-electron chi connectivity index (χ0n) is 16.5. The van der Waals surface area contributed by atoms with E-state index in [4.69, 9.17) is 16.3 Å². The van der Waals surface area contributed by atoms with E-state index >= 15 is 0 Å². The number of amides is 1. The molecule has 0 spiro atoms. The van der Waals surface area contributed by atoms with Gasteiger partial charge in [0.05, 0.1) is 18.3 Å². The summed E-state index contributed by atoms with van der Waals surface area (Å²) in [6.45, 7) is -0.00320. The molecule has 31 heavy (non-hydrogen) atoms. The molecule has 0 aliphatic carbocycles. The van der Waals surface area contributed by atoms with Crippen LogP contribution in [-0.2, 0) is 24.3 Å². The highest BCUT2D eigenvalue weighted by Gasteiger charge is 2.17. The van der Waals surface area contributed by atoms with Crippen molar-refractivity contribution in [2.75, 3.05) is 12.4 Å². The molecular formula is C21H18ClN3O4S2. The molecule has 4 rings (SSSR count). The molecule has 1 amide bonds. The fraction of sp³-hybridized carbons (Fsp3) is 0.190. The van der Waals surface area contributed by atoms with Crippen molar-refractivity contribution >= 4 is 56.1 Å². The number of methoxy groups -OCH3 is 1. The molecule has 10 heteroatoms. The van der Waals surface area contributed by atoms with E-state index in [1.807, 2.05) is 17.5 Å². The van der Waals surface area contributed by atoms with Crippen LogP contribution in [0.1, 0.15) is 4.88 Å². The molecule has 3 heterocycles. The van der Waals surface area contributed by atoms with Crippen molar-refractivity contribution in [1.82, 2.24) is 9.13 Å². The Balaban J connectivity index is 1.66. The summed E-state index contributed by atoms with van der Waals surface area (Å²) in [5.41, 5.74) is 0.00148. The molecule has 1 N–H and O–H groups in total. The smallest absolute Gasteiger partial charge is 0.332 e. The van der Waals surface area contributed by atoms with Crippen LogP contribution < -0.4 is 21.3 Å². The van der Waals surface area contributed by atoms with Crippen LogP contribution in [0.4, 0.5) is 5.69 Å². The van der Waals surface area contributed by atoms with E-state index in [0.29, 0.717) is 33.1 Å². The number of hydrogen-bond donors (Lipinski definition) is 1. The molecule has 7 nitrogen and oxygen atoms in total. The molecule has 0 radical (unpaired) electrons. The Morgan fingerprint density at radius 3 is 2.71 bits per heavy atom. The van der Waals surface area contributed by atoms with E-state index < -0.39 is 11.6 Å². The summed E-state index contributed by atoms with van der Waals surface area (Å²) in [6, 6.07) is 10.4. The zero-order valence-corrected chi connectivity index (χ0v) is 18.9. The third-order valence-corrected chi connectivity index (χ3v) is 6.80. The van der Waals surface area contributed by atoms with Gasteiger partial charge in [-0.05, 0) is 47.5 Å². The topological polar surface area (TPSA) is 82.3 Å². The summed E-state index contributed by atoms with van der Waals surface area (Å²) < 4.78 is 8.22. The average molecular weight is 476 g/mol. The van der Waals surface area contributed by atoms with Crippen LogP contribution in [0.15, 0.2) is 56.7 Å². The highest BCUT2D eigenvalue weighted by Crippen LogP contribution is 2.27. The molecule has 0 saturated heterocycles. The van der Waals surface area contributed by atoms with Crippen LogP contribution in [0.3, 0.4) is 0 Å².